The summed E-state index contributed by atoms with van der Waals surface area (Å²) in [6.07, 6.45) is 5.55. The molecule has 0 radical (unpaired) electrons. The minimum absolute atomic E-state index is 0. The first-order chi connectivity index (χ1) is 14.0. The molecule has 0 aliphatic carbocycles. The maximum Gasteiger partial charge on any atom is 1.00 e. The third-order valence-electron chi connectivity index (χ3n) is 4.25. The summed E-state index contributed by atoms with van der Waals surface area (Å²) < 4.78 is 16.9. The van der Waals surface area contributed by atoms with E-state index < -0.39 is 5.91 Å². The largest absolute Gasteiger partial charge is 1.00 e. The first kappa shape index (κ1) is 26.4. The van der Waals surface area contributed by atoms with Gasteiger partial charge in [0.15, 0.2) is 0 Å². The molecular formula is C23H27KNO5+. The molecule has 0 heterocycles. The van der Waals surface area contributed by atoms with E-state index in [1.54, 1.807) is 25.8 Å². The molecule has 0 aromatic heterocycles. The maximum atomic E-state index is 11.4. The van der Waals surface area contributed by atoms with Crippen molar-refractivity contribution in [2.45, 2.75) is 26.9 Å². The van der Waals surface area contributed by atoms with Crippen molar-refractivity contribution in [3.8, 4) is 17.2 Å². The number of allylic oxidation sites excluding steroid dienone is 2. The van der Waals surface area contributed by atoms with Crippen LogP contribution in [0, 0.1) is 0 Å². The molecule has 154 valence electrons. The summed E-state index contributed by atoms with van der Waals surface area (Å²) in [7, 11) is 3.24. The fraction of sp³-hybridized carbons (Fsp3) is 0.261. The molecule has 2 aromatic rings. The van der Waals surface area contributed by atoms with Crippen LogP contribution in [-0.2, 0) is 17.8 Å². The third-order valence-corrected chi connectivity index (χ3v) is 4.25. The van der Waals surface area contributed by atoms with Gasteiger partial charge in [0.25, 0.3) is 5.91 Å². The zero-order valence-corrected chi connectivity index (χ0v) is 21.3. The number of amides is 1. The number of nitrogens with one attached hydrogen (secondary N) is 1. The number of carbonyl (C=O) groups is 1. The summed E-state index contributed by atoms with van der Waals surface area (Å²) >= 11 is 0. The Labute approximate surface area is 220 Å². The molecule has 0 fully saturated rings. The van der Waals surface area contributed by atoms with Crippen molar-refractivity contribution in [2.75, 3.05) is 14.2 Å². The molecular weight excluding hydrogens is 409 g/mol. The summed E-state index contributed by atoms with van der Waals surface area (Å²) in [6.45, 7) is 4.39. The van der Waals surface area contributed by atoms with E-state index in [9.17, 15) is 4.79 Å². The van der Waals surface area contributed by atoms with Crippen LogP contribution < -0.4 is 71.1 Å². The van der Waals surface area contributed by atoms with E-state index in [1.165, 1.54) is 11.6 Å². The summed E-state index contributed by atoms with van der Waals surface area (Å²) in [4.78, 5) is 11.4. The molecule has 0 unspecified atom stereocenters. The molecule has 30 heavy (non-hydrogen) atoms. The van der Waals surface area contributed by atoms with Gasteiger partial charge in [-0.3, -0.25) is 10.0 Å². The van der Waals surface area contributed by atoms with E-state index in [0.717, 1.165) is 16.9 Å². The third kappa shape index (κ3) is 7.90. The van der Waals surface area contributed by atoms with E-state index >= 15 is 0 Å². The first-order valence-electron chi connectivity index (χ1n) is 9.19. The molecule has 6 nitrogen and oxygen atoms in total. The predicted molar refractivity (Wildman–Crippen MR) is 112 cm³/mol. The Morgan fingerprint density at radius 2 is 1.77 bits per heavy atom. The fourth-order valence-electron chi connectivity index (χ4n) is 2.70. The Bertz CT molecular complexity index is 887. The smallest absolute Gasteiger partial charge is 0.497 e. The molecule has 1 amide bonds. The van der Waals surface area contributed by atoms with Gasteiger partial charge in [0.1, 0.15) is 23.9 Å². The summed E-state index contributed by atoms with van der Waals surface area (Å²) in [5, 5.41) is 8.74. The number of carbonyl (C=O) groups excluding carboxylic acids is 1. The van der Waals surface area contributed by atoms with Crippen LogP contribution in [0.2, 0.25) is 0 Å². The van der Waals surface area contributed by atoms with Gasteiger partial charge in [0.2, 0.25) is 0 Å². The van der Waals surface area contributed by atoms with Crippen LogP contribution >= 0.6 is 0 Å². The Hall–Kier alpha value is -1.61. The van der Waals surface area contributed by atoms with E-state index in [0.29, 0.717) is 30.1 Å². The Morgan fingerprint density at radius 3 is 2.33 bits per heavy atom. The quantitative estimate of drug-likeness (QED) is 0.204. The van der Waals surface area contributed by atoms with Crippen LogP contribution in [-0.4, -0.2) is 25.3 Å². The second-order valence-corrected chi connectivity index (χ2v) is 6.60. The SMILES string of the molecule is COc1ccc(COc2c(/C=C/C(=O)NO)ccc(OC)c2CC=C(C)C)cc1.[K+]. The second-order valence-electron chi connectivity index (χ2n) is 6.60. The van der Waals surface area contributed by atoms with Crippen molar-refractivity contribution >= 4 is 12.0 Å². The Kier molecular flexibility index (Phi) is 12.0. The summed E-state index contributed by atoms with van der Waals surface area (Å²) in [5.41, 5.74) is 5.33. The molecule has 2 aromatic carbocycles. The van der Waals surface area contributed by atoms with E-state index in [-0.39, 0.29) is 51.4 Å². The summed E-state index contributed by atoms with van der Waals surface area (Å²) in [5.74, 6) is 1.49. The standard InChI is InChI=1S/C23H27NO5.K/c1-16(2)5-12-20-21(28-4)13-8-18(9-14-22(25)24-26)23(20)29-15-17-6-10-19(27-3)11-7-17;/h5-11,13-14,26H,12,15H2,1-4H3,(H,24,25);/q;+1/b14-9+;. The number of hydrogen-bond acceptors (Lipinski definition) is 5. The first-order valence-corrected chi connectivity index (χ1v) is 9.19. The number of methoxy groups -OCH3 is 2. The van der Waals surface area contributed by atoms with Crippen molar-refractivity contribution in [3.05, 3.63) is 70.8 Å². The van der Waals surface area contributed by atoms with E-state index in [2.05, 4.69) is 6.08 Å². The normalized spacial score (nSPS) is 10.2. The maximum absolute atomic E-state index is 11.4. The minimum Gasteiger partial charge on any atom is -0.497 e. The molecule has 2 N–H and O–H groups in total. The number of hydroxylamine groups is 1. The van der Waals surface area contributed by atoms with E-state index in [1.807, 2.05) is 50.2 Å². The van der Waals surface area contributed by atoms with Crippen LogP contribution in [0.25, 0.3) is 6.08 Å². The number of rotatable bonds is 9. The van der Waals surface area contributed by atoms with Crippen molar-refractivity contribution in [1.82, 2.24) is 5.48 Å². The van der Waals surface area contributed by atoms with Crippen molar-refractivity contribution in [2.24, 2.45) is 0 Å². The molecule has 7 heteroatoms. The molecule has 0 spiro atoms. The molecule has 2 rings (SSSR count). The molecule has 0 atom stereocenters. The van der Waals surface area contributed by atoms with Gasteiger partial charge in [0, 0.05) is 17.2 Å². The molecule has 0 aliphatic heterocycles. The van der Waals surface area contributed by atoms with Crippen LogP contribution in [0.3, 0.4) is 0 Å². The molecule has 0 saturated carbocycles. The van der Waals surface area contributed by atoms with Gasteiger partial charge in [-0.25, -0.2) is 5.48 Å². The second kappa shape index (κ2) is 13.6. The average molecular weight is 437 g/mol. The summed E-state index contributed by atoms with van der Waals surface area (Å²) in [6, 6.07) is 11.3. The van der Waals surface area contributed by atoms with Gasteiger partial charge < -0.3 is 14.2 Å². The molecule has 0 saturated heterocycles. The average Bonchev–Trinajstić information content (AvgIpc) is 2.74. The van der Waals surface area contributed by atoms with Crippen molar-refractivity contribution in [1.29, 1.82) is 0 Å². The van der Waals surface area contributed by atoms with Crippen LogP contribution in [0.4, 0.5) is 0 Å². The van der Waals surface area contributed by atoms with Crippen LogP contribution in [0.5, 0.6) is 17.2 Å². The topological polar surface area (TPSA) is 77.0 Å². The zero-order valence-electron chi connectivity index (χ0n) is 18.2. The van der Waals surface area contributed by atoms with Gasteiger partial charge >= 0.3 is 51.4 Å². The number of benzene rings is 2. The predicted octanol–water partition coefficient (Wildman–Crippen LogP) is 1.31. The van der Waals surface area contributed by atoms with Gasteiger partial charge in [-0.1, -0.05) is 23.8 Å². The van der Waals surface area contributed by atoms with Crippen LogP contribution in [0.1, 0.15) is 30.5 Å². The Morgan fingerprint density at radius 1 is 1.07 bits per heavy atom. The monoisotopic (exact) mass is 436 g/mol. The van der Waals surface area contributed by atoms with Gasteiger partial charge in [-0.2, -0.15) is 0 Å². The van der Waals surface area contributed by atoms with Crippen molar-refractivity contribution < 1.29 is 75.6 Å². The van der Waals surface area contributed by atoms with Crippen molar-refractivity contribution in [3.63, 3.8) is 0 Å². The van der Waals surface area contributed by atoms with Crippen LogP contribution in [0.15, 0.2) is 54.1 Å². The number of hydrogen-bond donors (Lipinski definition) is 2. The van der Waals surface area contributed by atoms with Gasteiger partial charge in [-0.05, 0) is 56.2 Å². The van der Waals surface area contributed by atoms with E-state index in [4.69, 9.17) is 19.4 Å². The Balaban J connectivity index is 0.00000450. The zero-order chi connectivity index (χ0) is 21.2. The number of ether oxygens (including phenoxy) is 3. The fourth-order valence-corrected chi connectivity index (χ4v) is 2.70. The van der Waals surface area contributed by atoms with Gasteiger partial charge in [-0.15, -0.1) is 0 Å². The molecule has 0 bridgehead atoms. The van der Waals surface area contributed by atoms with Gasteiger partial charge in [0.05, 0.1) is 14.2 Å². The molecule has 0 aliphatic rings. The minimum atomic E-state index is -0.618.